The molecule has 64 valence electrons. The largest absolute Gasteiger partial charge is 0.393 e. The minimum Gasteiger partial charge on any atom is -0.393 e. The molecule has 1 atom stereocenters. The van der Waals surface area contributed by atoms with Crippen LogP contribution in [-0.2, 0) is 0 Å². The Labute approximate surface area is 69.8 Å². The number of hydrogen-bond donors (Lipinski definition) is 1. The molecule has 0 saturated heterocycles. The molecule has 0 bridgehead atoms. The maximum Gasteiger partial charge on any atom is 0.0512 e. The molecule has 0 aromatic rings. The summed E-state index contributed by atoms with van der Waals surface area (Å²) in [4.78, 5) is 0. The fourth-order valence-corrected chi connectivity index (χ4v) is 1.02. The number of aliphatic hydroxyl groups is 1. The molecule has 1 heteroatoms. The topological polar surface area (TPSA) is 20.2 Å². The highest BCUT2D eigenvalue weighted by atomic mass is 16.3. The van der Waals surface area contributed by atoms with Gasteiger partial charge in [0.2, 0.25) is 0 Å². The monoisotopic (exact) mass is 154 g/mol. The SMILES string of the molecule is C#CCCCCCC[C@H](C)O. The zero-order valence-electron chi connectivity index (χ0n) is 7.34. The summed E-state index contributed by atoms with van der Waals surface area (Å²) in [6, 6.07) is 0. The number of hydrogen-bond acceptors (Lipinski definition) is 1. The third-order valence-electron chi connectivity index (χ3n) is 1.69. The van der Waals surface area contributed by atoms with Gasteiger partial charge in [0.05, 0.1) is 6.10 Å². The molecule has 1 nitrogen and oxygen atoms in total. The third kappa shape index (κ3) is 9.52. The van der Waals surface area contributed by atoms with Crippen molar-refractivity contribution >= 4 is 0 Å². The lowest BCUT2D eigenvalue weighted by Gasteiger charge is -2.02. The summed E-state index contributed by atoms with van der Waals surface area (Å²) < 4.78 is 0. The smallest absolute Gasteiger partial charge is 0.0512 e. The van der Waals surface area contributed by atoms with E-state index in [2.05, 4.69) is 5.92 Å². The second-order valence-corrected chi connectivity index (χ2v) is 3.01. The zero-order valence-corrected chi connectivity index (χ0v) is 7.34. The van der Waals surface area contributed by atoms with Crippen molar-refractivity contribution in [2.24, 2.45) is 0 Å². The normalized spacial score (nSPS) is 12.5. The molecular formula is C10H18O. The Hall–Kier alpha value is -0.480. The first-order chi connectivity index (χ1) is 5.27. The number of terminal acetylenes is 1. The van der Waals surface area contributed by atoms with Crippen LogP contribution >= 0.6 is 0 Å². The quantitative estimate of drug-likeness (QED) is 0.460. The molecule has 0 spiro atoms. The second kappa shape index (κ2) is 7.63. The van der Waals surface area contributed by atoms with Crippen molar-refractivity contribution in [1.29, 1.82) is 0 Å². The Morgan fingerprint density at radius 2 is 1.91 bits per heavy atom. The highest BCUT2D eigenvalue weighted by molar-refractivity contribution is 4.82. The molecule has 0 aliphatic carbocycles. The lowest BCUT2D eigenvalue weighted by atomic mass is 10.1. The molecule has 0 unspecified atom stereocenters. The van der Waals surface area contributed by atoms with E-state index in [-0.39, 0.29) is 6.10 Å². The van der Waals surface area contributed by atoms with Gasteiger partial charge in [0.15, 0.2) is 0 Å². The van der Waals surface area contributed by atoms with Gasteiger partial charge in [-0.15, -0.1) is 12.3 Å². The van der Waals surface area contributed by atoms with Crippen molar-refractivity contribution in [3.8, 4) is 12.3 Å². The van der Waals surface area contributed by atoms with Crippen LogP contribution in [0, 0.1) is 12.3 Å². The van der Waals surface area contributed by atoms with Gasteiger partial charge >= 0.3 is 0 Å². The van der Waals surface area contributed by atoms with E-state index in [1.54, 1.807) is 0 Å². The number of aliphatic hydroxyl groups excluding tert-OH is 1. The van der Waals surface area contributed by atoms with Crippen LogP contribution in [0.3, 0.4) is 0 Å². The Morgan fingerprint density at radius 1 is 1.27 bits per heavy atom. The van der Waals surface area contributed by atoms with Crippen molar-refractivity contribution < 1.29 is 5.11 Å². The van der Waals surface area contributed by atoms with Gasteiger partial charge in [-0.25, -0.2) is 0 Å². The first-order valence-electron chi connectivity index (χ1n) is 4.39. The molecule has 0 radical (unpaired) electrons. The summed E-state index contributed by atoms with van der Waals surface area (Å²) in [6.07, 6.45) is 11.5. The maximum atomic E-state index is 8.92. The van der Waals surface area contributed by atoms with Crippen LogP contribution < -0.4 is 0 Å². The standard InChI is InChI=1S/C10H18O/c1-3-4-5-6-7-8-9-10(2)11/h1,10-11H,4-9H2,2H3/t10-/m0/s1. The molecule has 0 aromatic heterocycles. The summed E-state index contributed by atoms with van der Waals surface area (Å²) in [6.45, 7) is 1.83. The van der Waals surface area contributed by atoms with Crippen molar-refractivity contribution in [2.45, 2.75) is 51.6 Å². The number of rotatable bonds is 6. The first kappa shape index (κ1) is 10.5. The van der Waals surface area contributed by atoms with E-state index < -0.39 is 0 Å². The lowest BCUT2D eigenvalue weighted by Crippen LogP contribution is -1.97. The predicted octanol–water partition coefficient (Wildman–Crippen LogP) is 2.34. The maximum absolute atomic E-state index is 8.92. The summed E-state index contributed by atoms with van der Waals surface area (Å²) in [7, 11) is 0. The Balaban J connectivity index is 2.86. The summed E-state index contributed by atoms with van der Waals surface area (Å²) in [5, 5.41) is 8.92. The average Bonchev–Trinajstić information content (AvgIpc) is 1.96. The van der Waals surface area contributed by atoms with Gasteiger partial charge in [-0.05, 0) is 19.8 Å². The molecule has 0 saturated carbocycles. The Kier molecular flexibility index (Phi) is 7.29. The van der Waals surface area contributed by atoms with Gasteiger partial charge in [0.1, 0.15) is 0 Å². The van der Waals surface area contributed by atoms with E-state index in [4.69, 9.17) is 11.5 Å². The highest BCUT2D eigenvalue weighted by Gasteiger charge is 1.94. The zero-order chi connectivity index (χ0) is 8.53. The lowest BCUT2D eigenvalue weighted by molar-refractivity contribution is 0.180. The van der Waals surface area contributed by atoms with Crippen LogP contribution in [0.1, 0.15) is 45.4 Å². The third-order valence-corrected chi connectivity index (χ3v) is 1.69. The molecule has 0 fully saturated rings. The fourth-order valence-electron chi connectivity index (χ4n) is 1.02. The summed E-state index contributed by atoms with van der Waals surface area (Å²) >= 11 is 0. The molecule has 0 aromatic carbocycles. The molecular weight excluding hydrogens is 136 g/mol. The van der Waals surface area contributed by atoms with Gasteiger partial charge in [-0.1, -0.05) is 19.3 Å². The predicted molar refractivity (Wildman–Crippen MR) is 48.2 cm³/mol. The minimum atomic E-state index is -0.136. The fraction of sp³-hybridized carbons (Fsp3) is 0.800. The van der Waals surface area contributed by atoms with E-state index in [0.29, 0.717) is 0 Å². The van der Waals surface area contributed by atoms with Crippen LogP contribution in [0.5, 0.6) is 0 Å². The Morgan fingerprint density at radius 3 is 2.45 bits per heavy atom. The van der Waals surface area contributed by atoms with Crippen LogP contribution in [0.4, 0.5) is 0 Å². The summed E-state index contributed by atoms with van der Waals surface area (Å²) in [5.41, 5.74) is 0. The molecule has 0 aliphatic heterocycles. The van der Waals surface area contributed by atoms with Crippen LogP contribution in [0.2, 0.25) is 0 Å². The Bertz CT molecular complexity index is 111. The minimum absolute atomic E-state index is 0.136. The molecule has 0 heterocycles. The van der Waals surface area contributed by atoms with Crippen molar-refractivity contribution in [2.75, 3.05) is 0 Å². The van der Waals surface area contributed by atoms with Gasteiger partial charge in [-0.2, -0.15) is 0 Å². The van der Waals surface area contributed by atoms with E-state index in [0.717, 1.165) is 25.7 Å². The van der Waals surface area contributed by atoms with Crippen molar-refractivity contribution in [1.82, 2.24) is 0 Å². The van der Waals surface area contributed by atoms with Crippen LogP contribution in [-0.4, -0.2) is 11.2 Å². The van der Waals surface area contributed by atoms with E-state index in [9.17, 15) is 0 Å². The van der Waals surface area contributed by atoms with Gasteiger partial charge in [0, 0.05) is 6.42 Å². The van der Waals surface area contributed by atoms with Crippen LogP contribution in [0.25, 0.3) is 0 Å². The average molecular weight is 154 g/mol. The molecule has 1 N–H and O–H groups in total. The van der Waals surface area contributed by atoms with E-state index >= 15 is 0 Å². The first-order valence-corrected chi connectivity index (χ1v) is 4.39. The van der Waals surface area contributed by atoms with E-state index in [1.165, 1.54) is 12.8 Å². The molecule has 0 amide bonds. The van der Waals surface area contributed by atoms with E-state index in [1.807, 2.05) is 6.92 Å². The highest BCUT2D eigenvalue weighted by Crippen LogP contribution is 2.06. The molecule has 0 aliphatic rings. The molecule has 0 rings (SSSR count). The van der Waals surface area contributed by atoms with Gasteiger partial charge < -0.3 is 5.11 Å². The van der Waals surface area contributed by atoms with Crippen LogP contribution in [0.15, 0.2) is 0 Å². The number of unbranched alkanes of at least 4 members (excludes halogenated alkanes) is 4. The van der Waals surface area contributed by atoms with Gasteiger partial charge in [0.25, 0.3) is 0 Å². The second-order valence-electron chi connectivity index (χ2n) is 3.01. The summed E-state index contributed by atoms with van der Waals surface area (Å²) in [5.74, 6) is 2.62. The van der Waals surface area contributed by atoms with Crippen molar-refractivity contribution in [3.63, 3.8) is 0 Å². The van der Waals surface area contributed by atoms with Crippen molar-refractivity contribution in [3.05, 3.63) is 0 Å². The van der Waals surface area contributed by atoms with Gasteiger partial charge in [-0.3, -0.25) is 0 Å². The molecule has 11 heavy (non-hydrogen) atoms.